The van der Waals surface area contributed by atoms with E-state index in [1.165, 1.54) is 49.9 Å². The first-order chi connectivity index (χ1) is 33.3. The standard InChI is InChI=1S/C42H70N14O13S2/c1-20(2)15-28(55-37(63)25(7-9-31(44)57)51-36(62)24(43)11-13-70-5)41(67)52-26(12-14-71-6)38(64)56-29(16-23-18-47-19-48-23)39(65)49-22(4)35(61)54-30(17-33(46)59)40(66)50-21(3)34(60)53-27(42(68)69)8-10-32(45)58/h18-22,24-30H,7-17,43H2,1-6H3,(H2,44,57)(H2,45,58)(H2,46,59)(H,47,48)(H,49,65)(H,50,66)(H,51,62)(H,52,67)(H,53,60)(H,54,61)(H,55,63)(H,56,64)(H,68,69)/t21-,22-,24-,25-,26-,27-,28-,29-,30-/m0/s1. The van der Waals surface area contributed by atoms with E-state index in [1.54, 1.807) is 20.1 Å². The molecular formula is C42H70N14O13S2. The number of carboxylic acids is 1. The van der Waals surface area contributed by atoms with Gasteiger partial charge < -0.3 is 75.6 Å². The lowest BCUT2D eigenvalue weighted by Crippen LogP contribution is -2.60. The lowest BCUT2D eigenvalue weighted by atomic mass is 10.0. The van der Waals surface area contributed by atoms with Crippen LogP contribution in [0.25, 0.3) is 0 Å². The highest BCUT2D eigenvalue weighted by Gasteiger charge is 2.35. The van der Waals surface area contributed by atoms with Crippen LogP contribution in [0.2, 0.25) is 0 Å². The molecule has 71 heavy (non-hydrogen) atoms. The topological polar surface area (TPSA) is 454 Å². The normalized spacial score (nSPS) is 14.8. The van der Waals surface area contributed by atoms with Crippen molar-refractivity contribution >= 4 is 94.5 Å². The minimum Gasteiger partial charge on any atom is -0.480 e. The summed E-state index contributed by atoms with van der Waals surface area (Å²) in [7, 11) is 0. The molecule has 0 radical (unpaired) electrons. The number of hydrogen-bond donors (Lipinski definition) is 14. The minimum absolute atomic E-state index is 0.0442. The van der Waals surface area contributed by atoms with Crippen molar-refractivity contribution in [2.75, 3.05) is 24.0 Å². The summed E-state index contributed by atoms with van der Waals surface area (Å²) >= 11 is 2.82. The number of nitrogens with zero attached hydrogens (tertiary/aromatic N) is 1. The van der Waals surface area contributed by atoms with E-state index in [1.807, 2.05) is 6.26 Å². The summed E-state index contributed by atoms with van der Waals surface area (Å²) in [5, 5.41) is 29.0. The summed E-state index contributed by atoms with van der Waals surface area (Å²) in [6.45, 7) is 5.98. The van der Waals surface area contributed by atoms with Gasteiger partial charge in [0.05, 0.1) is 18.8 Å². The molecule has 0 aliphatic heterocycles. The van der Waals surface area contributed by atoms with Gasteiger partial charge in [-0.05, 0) is 75.9 Å². The van der Waals surface area contributed by atoms with Crippen LogP contribution >= 0.6 is 23.5 Å². The van der Waals surface area contributed by atoms with E-state index in [4.69, 9.17) is 22.9 Å². The highest BCUT2D eigenvalue weighted by molar-refractivity contribution is 7.98. The van der Waals surface area contributed by atoms with Crippen molar-refractivity contribution in [1.29, 1.82) is 0 Å². The van der Waals surface area contributed by atoms with Crippen molar-refractivity contribution in [2.24, 2.45) is 28.9 Å². The fourth-order valence-electron chi connectivity index (χ4n) is 6.37. The average molecular weight is 1040 g/mol. The van der Waals surface area contributed by atoms with Gasteiger partial charge in [-0.3, -0.25) is 52.7 Å². The molecule has 0 saturated carbocycles. The number of hydrogen-bond acceptors (Lipinski definition) is 16. The number of H-pyrrole nitrogens is 1. The summed E-state index contributed by atoms with van der Waals surface area (Å²) in [6, 6.07) is -12.3. The molecular weight excluding hydrogens is 973 g/mol. The maximum Gasteiger partial charge on any atom is 0.326 e. The molecule has 29 heteroatoms. The van der Waals surface area contributed by atoms with E-state index < -0.39 is 132 Å². The zero-order valence-corrected chi connectivity index (χ0v) is 42.3. The fraction of sp³-hybridized carbons (Fsp3) is 0.643. The second-order valence-electron chi connectivity index (χ2n) is 16.9. The molecule has 0 aliphatic rings. The van der Waals surface area contributed by atoms with Gasteiger partial charge in [-0.2, -0.15) is 23.5 Å². The zero-order valence-electron chi connectivity index (χ0n) is 40.6. The number of rotatable bonds is 35. The lowest BCUT2D eigenvalue weighted by Gasteiger charge is -2.28. The number of nitrogens with one attached hydrogen (secondary N) is 9. The Morgan fingerprint density at radius 3 is 1.45 bits per heavy atom. The van der Waals surface area contributed by atoms with Gasteiger partial charge in [0.2, 0.25) is 65.0 Å². The Morgan fingerprint density at radius 1 is 0.549 bits per heavy atom. The SMILES string of the molecule is CSCC[C@H](NC(=O)[C@H](CC(C)C)NC(=O)[C@H](CCC(N)=O)NC(=O)[C@@H](N)CCSC)C(=O)N[C@@H](Cc1cnc[nH]1)C(=O)N[C@@H](C)C(=O)N[C@@H](CC(N)=O)C(=O)N[C@@H](C)C(=O)N[C@@H](CCC(N)=O)C(=O)O. The van der Waals surface area contributed by atoms with Crippen LogP contribution in [0, 0.1) is 5.92 Å². The van der Waals surface area contributed by atoms with Crippen LogP contribution in [0.4, 0.5) is 0 Å². The number of amides is 11. The van der Waals surface area contributed by atoms with Crippen LogP contribution in [-0.2, 0) is 64.0 Å². The van der Waals surface area contributed by atoms with E-state index >= 15 is 0 Å². The molecule has 1 aromatic rings. The number of carboxylic acid groups (broad SMARTS) is 1. The number of carbonyl (C=O) groups is 12. The number of primary amides is 3. The molecule has 18 N–H and O–H groups in total. The fourth-order valence-corrected chi connectivity index (χ4v) is 7.33. The summed E-state index contributed by atoms with van der Waals surface area (Å²) in [5.74, 6) is -10.4. The van der Waals surface area contributed by atoms with Gasteiger partial charge >= 0.3 is 5.97 Å². The van der Waals surface area contributed by atoms with Gasteiger partial charge in [-0.25, -0.2) is 9.78 Å². The monoisotopic (exact) mass is 1040 g/mol. The molecule has 0 aliphatic carbocycles. The number of nitrogens with two attached hydrogens (primary N) is 4. The van der Waals surface area contributed by atoms with Crippen molar-refractivity contribution in [2.45, 2.75) is 140 Å². The molecule has 0 fully saturated rings. The van der Waals surface area contributed by atoms with Crippen LogP contribution in [0.3, 0.4) is 0 Å². The molecule has 1 aromatic heterocycles. The second-order valence-corrected chi connectivity index (χ2v) is 18.9. The second kappa shape index (κ2) is 32.4. The third kappa shape index (κ3) is 24.8. The van der Waals surface area contributed by atoms with Gasteiger partial charge in [-0.15, -0.1) is 0 Å². The molecule has 0 bridgehead atoms. The third-order valence-corrected chi connectivity index (χ3v) is 11.6. The summed E-state index contributed by atoms with van der Waals surface area (Å²) < 4.78 is 0. The summed E-state index contributed by atoms with van der Waals surface area (Å²) in [5.41, 5.74) is 22.1. The number of aromatic nitrogens is 2. The predicted molar refractivity (Wildman–Crippen MR) is 261 cm³/mol. The minimum atomic E-state index is -1.70. The van der Waals surface area contributed by atoms with Crippen LogP contribution in [0.1, 0.15) is 84.8 Å². The van der Waals surface area contributed by atoms with Gasteiger partial charge in [0, 0.05) is 31.2 Å². The smallest absolute Gasteiger partial charge is 0.326 e. The first-order valence-electron chi connectivity index (χ1n) is 22.5. The van der Waals surface area contributed by atoms with Crippen molar-refractivity contribution in [1.82, 2.24) is 52.5 Å². The Labute approximate surface area is 419 Å². The highest BCUT2D eigenvalue weighted by Crippen LogP contribution is 2.11. The van der Waals surface area contributed by atoms with Crippen molar-refractivity contribution in [3.63, 3.8) is 0 Å². The summed E-state index contributed by atoms with van der Waals surface area (Å²) in [6.07, 6.45) is 4.56. The molecule has 0 saturated heterocycles. The Hall–Kier alpha value is -6.49. The van der Waals surface area contributed by atoms with Gasteiger partial charge in [0.1, 0.15) is 48.3 Å². The first kappa shape index (κ1) is 62.5. The Kier molecular flexibility index (Phi) is 28.5. The lowest BCUT2D eigenvalue weighted by molar-refractivity contribution is -0.142. The van der Waals surface area contributed by atoms with E-state index in [9.17, 15) is 62.6 Å². The molecule has 1 rings (SSSR count). The van der Waals surface area contributed by atoms with E-state index in [2.05, 4.69) is 52.5 Å². The van der Waals surface area contributed by atoms with Gasteiger partial charge in [0.25, 0.3) is 0 Å². The molecule has 9 atom stereocenters. The Bertz CT molecular complexity index is 2010. The number of thioether (sulfide) groups is 2. The molecule has 11 amide bonds. The largest absolute Gasteiger partial charge is 0.480 e. The zero-order chi connectivity index (χ0) is 54.0. The van der Waals surface area contributed by atoms with Crippen molar-refractivity contribution < 1.29 is 62.6 Å². The van der Waals surface area contributed by atoms with Gasteiger partial charge in [0.15, 0.2) is 0 Å². The average Bonchev–Trinajstić information content (AvgIpc) is 3.81. The molecule has 0 aromatic carbocycles. The number of aliphatic carboxylic acids is 1. The van der Waals surface area contributed by atoms with Crippen LogP contribution in [0.5, 0.6) is 0 Å². The van der Waals surface area contributed by atoms with Crippen molar-refractivity contribution in [3.8, 4) is 0 Å². The Balaban J connectivity index is 3.31. The van der Waals surface area contributed by atoms with Gasteiger partial charge in [-0.1, -0.05) is 13.8 Å². The maximum atomic E-state index is 14.1. The molecule has 0 spiro atoms. The Morgan fingerprint density at radius 2 is 0.972 bits per heavy atom. The van der Waals surface area contributed by atoms with Crippen LogP contribution < -0.4 is 65.5 Å². The molecule has 0 unspecified atom stereocenters. The van der Waals surface area contributed by atoms with Crippen molar-refractivity contribution in [3.05, 3.63) is 18.2 Å². The maximum absolute atomic E-state index is 14.1. The van der Waals surface area contributed by atoms with Crippen LogP contribution in [0.15, 0.2) is 12.5 Å². The van der Waals surface area contributed by atoms with E-state index in [0.29, 0.717) is 23.6 Å². The third-order valence-electron chi connectivity index (χ3n) is 10.3. The van der Waals surface area contributed by atoms with E-state index in [0.717, 1.165) is 0 Å². The quantitative estimate of drug-likeness (QED) is 0.0304. The summed E-state index contributed by atoms with van der Waals surface area (Å²) in [4.78, 5) is 161. The predicted octanol–water partition coefficient (Wildman–Crippen LogP) is -4.76. The van der Waals surface area contributed by atoms with Crippen LogP contribution in [-0.4, -0.2) is 164 Å². The van der Waals surface area contributed by atoms with E-state index in [-0.39, 0.29) is 50.9 Å². The molecule has 1 heterocycles. The number of aromatic amines is 1. The highest BCUT2D eigenvalue weighted by atomic mass is 32.2. The molecule has 398 valence electrons. The first-order valence-corrected chi connectivity index (χ1v) is 25.3. The molecule has 27 nitrogen and oxygen atoms in total. The number of carbonyl (C=O) groups excluding carboxylic acids is 11. The number of imidazole rings is 1.